The molecule has 1 aliphatic rings. The van der Waals surface area contributed by atoms with Crippen molar-refractivity contribution in [3.63, 3.8) is 0 Å². The lowest BCUT2D eigenvalue weighted by Gasteiger charge is -2.20. The van der Waals surface area contributed by atoms with Gasteiger partial charge in [-0.25, -0.2) is 4.39 Å². The van der Waals surface area contributed by atoms with E-state index in [0.29, 0.717) is 11.6 Å². The van der Waals surface area contributed by atoms with Gasteiger partial charge in [-0.1, -0.05) is 0 Å². The summed E-state index contributed by atoms with van der Waals surface area (Å²) in [6.45, 7) is 0.200. The van der Waals surface area contributed by atoms with Crippen LogP contribution < -0.4 is 5.32 Å². The van der Waals surface area contributed by atoms with Gasteiger partial charge in [0.25, 0.3) is 0 Å². The van der Waals surface area contributed by atoms with E-state index in [9.17, 15) is 17.6 Å². The highest BCUT2D eigenvalue weighted by Gasteiger charge is 2.31. The van der Waals surface area contributed by atoms with Gasteiger partial charge in [-0.3, -0.25) is 0 Å². The molecule has 1 aromatic rings. The minimum absolute atomic E-state index is 0.0747. The molecule has 112 valence electrons. The first-order valence-electron chi connectivity index (χ1n) is 6.53. The maximum atomic E-state index is 13.2. The van der Waals surface area contributed by atoms with Gasteiger partial charge in [0.15, 0.2) is 0 Å². The van der Waals surface area contributed by atoms with Crippen molar-refractivity contribution >= 4 is 0 Å². The molecule has 1 N–H and O–H groups in total. The van der Waals surface area contributed by atoms with Crippen molar-refractivity contribution in [3.8, 4) is 0 Å². The number of nitrogens with one attached hydrogen (secondary N) is 1. The molecule has 2 unspecified atom stereocenters. The third-order valence-electron chi connectivity index (χ3n) is 3.61. The summed E-state index contributed by atoms with van der Waals surface area (Å²) in [7, 11) is 1.62. The van der Waals surface area contributed by atoms with Crippen LogP contribution in [0.1, 0.15) is 30.4 Å². The summed E-state index contributed by atoms with van der Waals surface area (Å²) in [5, 5.41) is 3.15. The summed E-state index contributed by atoms with van der Waals surface area (Å²) >= 11 is 0. The van der Waals surface area contributed by atoms with Crippen molar-refractivity contribution < 1.29 is 22.3 Å². The summed E-state index contributed by atoms with van der Waals surface area (Å²) in [6, 6.07) is 2.72. The average Bonchev–Trinajstić information content (AvgIpc) is 2.82. The number of halogens is 4. The van der Waals surface area contributed by atoms with Crippen LogP contribution in [-0.2, 0) is 17.5 Å². The molecule has 1 aromatic carbocycles. The van der Waals surface area contributed by atoms with Gasteiger partial charge in [0.2, 0.25) is 0 Å². The molecule has 0 radical (unpaired) electrons. The van der Waals surface area contributed by atoms with Gasteiger partial charge >= 0.3 is 6.18 Å². The van der Waals surface area contributed by atoms with E-state index in [1.165, 1.54) is 0 Å². The monoisotopic (exact) mass is 291 g/mol. The Labute approximate surface area is 115 Å². The summed E-state index contributed by atoms with van der Waals surface area (Å²) in [5.41, 5.74) is -0.664. The van der Waals surface area contributed by atoms with Crippen molar-refractivity contribution in [2.75, 3.05) is 7.11 Å². The third kappa shape index (κ3) is 3.70. The third-order valence-corrected chi connectivity index (χ3v) is 3.61. The van der Waals surface area contributed by atoms with Crippen LogP contribution in [0, 0.1) is 5.82 Å². The summed E-state index contributed by atoms with van der Waals surface area (Å²) in [5.74, 6) is -0.869. The van der Waals surface area contributed by atoms with Gasteiger partial charge in [0.05, 0.1) is 11.7 Å². The molecule has 1 saturated carbocycles. The number of ether oxygens (including phenoxy) is 1. The predicted molar refractivity (Wildman–Crippen MR) is 66.7 cm³/mol. The van der Waals surface area contributed by atoms with E-state index in [-0.39, 0.29) is 18.7 Å². The molecule has 1 fully saturated rings. The summed E-state index contributed by atoms with van der Waals surface area (Å²) in [4.78, 5) is 0. The average molecular weight is 291 g/mol. The minimum Gasteiger partial charge on any atom is -0.380 e. The van der Waals surface area contributed by atoms with E-state index in [1.807, 2.05) is 0 Å². The van der Waals surface area contributed by atoms with E-state index >= 15 is 0 Å². The van der Waals surface area contributed by atoms with Gasteiger partial charge in [-0.15, -0.1) is 0 Å². The van der Waals surface area contributed by atoms with Crippen LogP contribution >= 0.6 is 0 Å². The molecule has 20 heavy (non-hydrogen) atoms. The van der Waals surface area contributed by atoms with Crippen molar-refractivity contribution in [1.82, 2.24) is 5.32 Å². The van der Waals surface area contributed by atoms with E-state index < -0.39 is 17.6 Å². The van der Waals surface area contributed by atoms with Crippen LogP contribution in [-0.4, -0.2) is 19.3 Å². The van der Waals surface area contributed by atoms with Gasteiger partial charge < -0.3 is 10.1 Å². The SMILES string of the molecule is COC1CCCC1NCc1cc(F)cc(C(F)(F)F)c1. The lowest BCUT2D eigenvalue weighted by molar-refractivity contribution is -0.137. The maximum absolute atomic E-state index is 13.2. The Morgan fingerprint density at radius 2 is 2.00 bits per heavy atom. The topological polar surface area (TPSA) is 21.3 Å². The van der Waals surface area contributed by atoms with Crippen molar-refractivity contribution in [1.29, 1.82) is 0 Å². The molecule has 2 rings (SSSR count). The fourth-order valence-corrected chi connectivity index (χ4v) is 2.61. The second-order valence-corrected chi connectivity index (χ2v) is 5.04. The highest BCUT2D eigenvalue weighted by Crippen LogP contribution is 2.30. The standard InChI is InChI=1S/C14H17F4NO/c1-20-13-4-2-3-12(13)19-8-9-5-10(14(16,17)18)7-11(15)6-9/h5-7,12-13,19H,2-4,8H2,1H3. The number of hydrogen-bond acceptors (Lipinski definition) is 2. The minimum atomic E-state index is -4.53. The number of hydrogen-bond donors (Lipinski definition) is 1. The van der Waals surface area contributed by atoms with Gasteiger partial charge in [-0.2, -0.15) is 13.2 Å². The van der Waals surface area contributed by atoms with Gasteiger partial charge in [0.1, 0.15) is 5.82 Å². The number of rotatable bonds is 4. The van der Waals surface area contributed by atoms with Crippen LogP contribution in [0.5, 0.6) is 0 Å². The normalized spacial score (nSPS) is 23.2. The molecule has 2 nitrogen and oxygen atoms in total. The summed E-state index contributed by atoms with van der Waals surface area (Å²) in [6.07, 6.45) is -1.58. The van der Waals surface area contributed by atoms with E-state index in [0.717, 1.165) is 31.4 Å². The Hall–Kier alpha value is -1.14. The molecule has 6 heteroatoms. The van der Waals surface area contributed by atoms with E-state index in [4.69, 9.17) is 4.74 Å². The summed E-state index contributed by atoms with van der Waals surface area (Å²) < 4.78 is 56.3. The Kier molecular flexibility index (Phi) is 4.65. The Morgan fingerprint density at radius 1 is 1.25 bits per heavy atom. The van der Waals surface area contributed by atoms with Crippen LogP contribution in [0.25, 0.3) is 0 Å². The Morgan fingerprint density at radius 3 is 2.65 bits per heavy atom. The lowest BCUT2D eigenvalue weighted by atomic mass is 10.1. The highest BCUT2D eigenvalue weighted by atomic mass is 19.4. The van der Waals surface area contributed by atoms with Crippen molar-refractivity contribution in [2.45, 2.75) is 44.1 Å². The smallest absolute Gasteiger partial charge is 0.380 e. The first-order valence-corrected chi connectivity index (χ1v) is 6.53. The first-order chi connectivity index (χ1) is 9.40. The van der Waals surface area contributed by atoms with Crippen LogP contribution in [0.4, 0.5) is 17.6 Å². The highest BCUT2D eigenvalue weighted by molar-refractivity contribution is 5.26. The van der Waals surface area contributed by atoms with E-state index in [2.05, 4.69) is 5.32 Å². The molecule has 0 aromatic heterocycles. The predicted octanol–water partition coefficient (Wildman–Crippen LogP) is 3.50. The second kappa shape index (κ2) is 6.10. The zero-order valence-corrected chi connectivity index (χ0v) is 11.1. The molecule has 0 heterocycles. The molecule has 0 aliphatic heterocycles. The fourth-order valence-electron chi connectivity index (χ4n) is 2.61. The lowest BCUT2D eigenvalue weighted by Crippen LogP contribution is -2.36. The van der Waals surface area contributed by atoms with Crippen molar-refractivity contribution in [2.24, 2.45) is 0 Å². The number of benzene rings is 1. The molecule has 1 aliphatic carbocycles. The number of alkyl halides is 3. The van der Waals surface area contributed by atoms with E-state index in [1.54, 1.807) is 7.11 Å². The fraction of sp³-hybridized carbons (Fsp3) is 0.571. The Balaban J connectivity index is 2.04. The maximum Gasteiger partial charge on any atom is 0.416 e. The molecule has 2 atom stereocenters. The van der Waals surface area contributed by atoms with Crippen LogP contribution in [0.3, 0.4) is 0 Å². The zero-order chi connectivity index (χ0) is 14.8. The van der Waals surface area contributed by atoms with Crippen LogP contribution in [0.2, 0.25) is 0 Å². The number of methoxy groups -OCH3 is 1. The largest absolute Gasteiger partial charge is 0.416 e. The second-order valence-electron chi connectivity index (χ2n) is 5.04. The van der Waals surface area contributed by atoms with Crippen LogP contribution in [0.15, 0.2) is 18.2 Å². The van der Waals surface area contributed by atoms with Gasteiger partial charge in [0, 0.05) is 19.7 Å². The first kappa shape index (κ1) is 15.3. The Bertz CT molecular complexity index is 461. The van der Waals surface area contributed by atoms with Crippen molar-refractivity contribution in [3.05, 3.63) is 35.1 Å². The molecular weight excluding hydrogens is 274 g/mol. The molecular formula is C14H17F4NO. The molecule has 0 saturated heterocycles. The molecule has 0 spiro atoms. The van der Waals surface area contributed by atoms with Gasteiger partial charge in [-0.05, 0) is 43.0 Å². The molecule has 0 bridgehead atoms. The quantitative estimate of drug-likeness (QED) is 0.857. The zero-order valence-electron chi connectivity index (χ0n) is 11.1. The molecule has 0 amide bonds.